The normalized spacial score (nSPS) is 13.8. The number of benzene rings is 2. The lowest BCUT2D eigenvalue weighted by atomic mass is 10.1. The van der Waals surface area contributed by atoms with E-state index in [-0.39, 0.29) is 24.9 Å². The molecule has 1 fully saturated rings. The fourth-order valence-electron chi connectivity index (χ4n) is 2.60. The van der Waals surface area contributed by atoms with E-state index >= 15 is 0 Å². The summed E-state index contributed by atoms with van der Waals surface area (Å²) >= 11 is 6.08. The van der Waals surface area contributed by atoms with E-state index in [2.05, 4.69) is 10.6 Å². The second kappa shape index (κ2) is 6.94. The van der Waals surface area contributed by atoms with Crippen LogP contribution in [0.5, 0.6) is 0 Å². The van der Waals surface area contributed by atoms with Gasteiger partial charge in [0.15, 0.2) is 0 Å². The monoisotopic (exact) mass is 357 g/mol. The number of urea groups is 1. The highest BCUT2D eigenvalue weighted by molar-refractivity contribution is 6.31. The lowest BCUT2D eigenvalue weighted by Gasteiger charge is -2.16. The van der Waals surface area contributed by atoms with E-state index in [0.29, 0.717) is 21.8 Å². The van der Waals surface area contributed by atoms with Crippen molar-refractivity contribution < 1.29 is 14.4 Å². The quantitative estimate of drug-likeness (QED) is 0.826. The second-order valence-corrected chi connectivity index (χ2v) is 6.07. The maximum absolute atomic E-state index is 12.7. The summed E-state index contributed by atoms with van der Waals surface area (Å²) in [5.74, 6) is -0.640. The molecule has 0 atom stereocenters. The van der Waals surface area contributed by atoms with Crippen LogP contribution < -0.4 is 10.6 Å². The summed E-state index contributed by atoms with van der Waals surface area (Å²) in [6.45, 7) is 1.84. The predicted octanol–water partition coefficient (Wildman–Crippen LogP) is 2.95. The summed E-state index contributed by atoms with van der Waals surface area (Å²) in [7, 11) is 0. The highest BCUT2D eigenvalue weighted by atomic mass is 35.5. The number of hydrogen-bond donors (Lipinski definition) is 2. The molecule has 0 bridgehead atoms. The van der Waals surface area contributed by atoms with Crippen molar-refractivity contribution in [3.05, 3.63) is 64.2 Å². The summed E-state index contributed by atoms with van der Waals surface area (Å²) in [4.78, 5) is 37.3. The van der Waals surface area contributed by atoms with E-state index < -0.39 is 6.03 Å². The van der Waals surface area contributed by atoms with Gasteiger partial charge in [0.25, 0.3) is 5.91 Å². The SMILES string of the molecule is Cc1c(Cl)cccc1NC(=O)c1ccccc1CN1C(=O)CNC1=O. The Balaban J connectivity index is 1.85. The Labute approximate surface area is 149 Å². The lowest BCUT2D eigenvalue weighted by molar-refractivity contribution is -0.125. The van der Waals surface area contributed by atoms with Gasteiger partial charge >= 0.3 is 6.03 Å². The molecule has 7 heteroatoms. The largest absolute Gasteiger partial charge is 0.329 e. The molecule has 0 saturated carbocycles. The van der Waals surface area contributed by atoms with Gasteiger partial charge in [-0.25, -0.2) is 4.79 Å². The third-order valence-corrected chi connectivity index (χ3v) is 4.45. The maximum Gasteiger partial charge on any atom is 0.324 e. The third kappa shape index (κ3) is 3.49. The van der Waals surface area contributed by atoms with E-state index in [1.165, 1.54) is 0 Å². The molecule has 0 aliphatic carbocycles. The first kappa shape index (κ1) is 17.0. The highest BCUT2D eigenvalue weighted by Crippen LogP contribution is 2.24. The molecule has 2 aromatic rings. The maximum atomic E-state index is 12.7. The van der Waals surface area contributed by atoms with Crippen LogP contribution in [-0.4, -0.2) is 29.3 Å². The number of carbonyl (C=O) groups is 3. The minimum Gasteiger partial charge on any atom is -0.329 e. The summed E-state index contributed by atoms with van der Waals surface area (Å²) in [6, 6.07) is 11.7. The Kier molecular flexibility index (Phi) is 4.72. The van der Waals surface area contributed by atoms with Crippen LogP contribution in [-0.2, 0) is 11.3 Å². The predicted molar refractivity (Wildman–Crippen MR) is 94.5 cm³/mol. The summed E-state index contributed by atoms with van der Waals surface area (Å²) < 4.78 is 0. The van der Waals surface area contributed by atoms with Gasteiger partial charge in [0, 0.05) is 16.3 Å². The van der Waals surface area contributed by atoms with Crippen molar-refractivity contribution in [3.8, 4) is 0 Å². The summed E-state index contributed by atoms with van der Waals surface area (Å²) in [5.41, 5.74) is 2.37. The topological polar surface area (TPSA) is 78.5 Å². The Morgan fingerprint density at radius 1 is 1.20 bits per heavy atom. The molecule has 6 nitrogen and oxygen atoms in total. The molecule has 0 radical (unpaired) electrons. The molecule has 25 heavy (non-hydrogen) atoms. The second-order valence-electron chi connectivity index (χ2n) is 5.66. The minimum atomic E-state index is -0.453. The standard InChI is InChI=1S/C18H16ClN3O3/c1-11-14(19)7-4-8-15(11)21-17(24)13-6-3-2-5-12(13)10-22-16(23)9-20-18(22)25/h2-8H,9-10H2,1H3,(H,20,25)(H,21,24). The van der Waals surface area contributed by atoms with Crippen LogP contribution in [0.2, 0.25) is 5.02 Å². The van der Waals surface area contributed by atoms with Crippen LogP contribution in [0.15, 0.2) is 42.5 Å². The molecule has 1 heterocycles. The zero-order valence-electron chi connectivity index (χ0n) is 13.5. The summed E-state index contributed by atoms with van der Waals surface area (Å²) in [5, 5.41) is 5.85. The molecule has 3 rings (SSSR count). The first-order valence-electron chi connectivity index (χ1n) is 7.70. The fourth-order valence-corrected chi connectivity index (χ4v) is 2.77. The Morgan fingerprint density at radius 2 is 1.96 bits per heavy atom. The molecule has 1 saturated heterocycles. The van der Waals surface area contributed by atoms with E-state index in [4.69, 9.17) is 11.6 Å². The number of carbonyl (C=O) groups excluding carboxylic acids is 3. The number of imide groups is 1. The van der Waals surface area contributed by atoms with E-state index in [1.54, 1.807) is 42.5 Å². The van der Waals surface area contributed by atoms with Crippen LogP contribution in [0.25, 0.3) is 0 Å². The van der Waals surface area contributed by atoms with Gasteiger partial charge in [0.1, 0.15) is 0 Å². The van der Waals surface area contributed by atoms with Gasteiger partial charge in [-0.1, -0.05) is 35.9 Å². The van der Waals surface area contributed by atoms with Crippen LogP contribution >= 0.6 is 11.6 Å². The van der Waals surface area contributed by atoms with E-state index in [1.807, 2.05) is 6.92 Å². The smallest absolute Gasteiger partial charge is 0.324 e. The number of anilines is 1. The van der Waals surface area contributed by atoms with Crippen molar-refractivity contribution in [2.24, 2.45) is 0 Å². The van der Waals surface area contributed by atoms with Crippen LogP contribution in [0.1, 0.15) is 21.5 Å². The van der Waals surface area contributed by atoms with Gasteiger partial charge in [-0.05, 0) is 36.2 Å². The van der Waals surface area contributed by atoms with Gasteiger partial charge in [0.2, 0.25) is 5.91 Å². The molecule has 0 aromatic heterocycles. The van der Waals surface area contributed by atoms with Crippen molar-refractivity contribution >= 4 is 35.1 Å². The third-order valence-electron chi connectivity index (χ3n) is 4.04. The van der Waals surface area contributed by atoms with Gasteiger partial charge in [0.05, 0.1) is 13.1 Å². The Morgan fingerprint density at radius 3 is 2.68 bits per heavy atom. The molecule has 2 aromatic carbocycles. The number of rotatable bonds is 4. The van der Waals surface area contributed by atoms with Gasteiger partial charge in [-0.3, -0.25) is 14.5 Å². The zero-order chi connectivity index (χ0) is 18.0. The van der Waals surface area contributed by atoms with E-state index in [0.717, 1.165) is 10.5 Å². The number of nitrogens with zero attached hydrogens (tertiary/aromatic N) is 1. The molecule has 4 amide bonds. The number of amides is 4. The molecule has 1 aliphatic rings. The summed E-state index contributed by atoms with van der Waals surface area (Å²) in [6.07, 6.45) is 0. The lowest BCUT2D eigenvalue weighted by Crippen LogP contribution is -2.31. The number of hydrogen-bond acceptors (Lipinski definition) is 3. The van der Waals surface area contributed by atoms with Crippen molar-refractivity contribution in [2.45, 2.75) is 13.5 Å². The van der Waals surface area contributed by atoms with Gasteiger partial charge in [-0.15, -0.1) is 0 Å². The Bertz CT molecular complexity index is 850. The zero-order valence-corrected chi connectivity index (χ0v) is 14.3. The molecule has 128 valence electrons. The van der Waals surface area contributed by atoms with Crippen molar-refractivity contribution in [2.75, 3.05) is 11.9 Å². The molecule has 1 aliphatic heterocycles. The van der Waals surface area contributed by atoms with Crippen molar-refractivity contribution in [1.29, 1.82) is 0 Å². The van der Waals surface area contributed by atoms with Gasteiger partial charge in [-0.2, -0.15) is 0 Å². The van der Waals surface area contributed by atoms with E-state index in [9.17, 15) is 14.4 Å². The van der Waals surface area contributed by atoms with Crippen molar-refractivity contribution in [1.82, 2.24) is 10.2 Å². The molecule has 2 N–H and O–H groups in total. The first-order valence-corrected chi connectivity index (χ1v) is 8.07. The van der Waals surface area contributed by atoms with Crippen LogP contribution in [0, 0.1) is 6.92 Å². The first-order chi connectivity index (χ1) is 12.0. The number of nitrogens with one attached hydrogen (secondary N) is 2. The average Bonchev–Trinajstić information content (AvgIpc) is 2.91. The molecule has 0 spiro atoms. The van der Waals surface area contributed by atoms with Crippen LogP contribution in [0.3, 0.4) is 0 Å². The average molecular weight is 358 g/mol. The Hall–Kier alpha value is -2.86. The number of halogens is 1. The molecular weight excluding hydrogens is 342 g/mol. The fraction of sp³-hybridized carbons (Fsp3) is 0.167. The highest BCUT2D eigenvalue weighted by Gasteiger charge is 2.29. The van der Waals surface area contributed by atoms with Gasteiger partial charge < -0.3 is 10.6 Å². The molecular formula is C18H16ClN3O3. The van der Waals surface area contributed by atoms with Crippen LogP contribution in [0.4, 0.5) is 10.5 Å². The minimum absolute atomic E-state index is 0.0189. The molecule has 0 unspecified atom stereocenters. The van der Waals surface area contributed by atoms with Crippen molar-refractivity contribution in [3.63, 3.8) is 0 Å².